The van der Waals surface area contributed by atoms with Gasteiger partial charge in [0.2, 0.25) is 0 Å². The Labute approximate surface area is 294 Å². The van der Waals surface area contributed by atoms with E-state index in [2.05, 4.69) is 145 Å². The van der Waals surface area contributed by atoms with Gasteiger partial charge in [-0.2, -0.15) is 5.26 Å². The van der Waals surface area contributed by atoms with Gasteiger partial charge in [-0.3, -0.25) is 5.41 Å². The number of aryl methyl sites for hydroxylation is 1. The van der Waals surface area contributed by atoms with Crippen molar-refractivity contribution in [2.75, 3.05) is 0 Å². The highest BCUT2D eigenvalue weighted by atomic mass is 14.9. The van der Waals surface area contributed by atoms with Gasteiger partial charge in [-0.25, -0.2) is 4.99 Å². The molecule has 0 radical (unpaired) electrons. The molecule has 0 heterocycles. The lowest BCUT2D eigenvalue weighted by molar-refractivity contribution is 1.39. The number of hydrogen-bond acceptors (Lipinski definition) is 2. The monoisotopic (exact) mass is 644 g/mol. The van der Waals surface area contributed by atoms with Crippen LogP contribution in [0, 0.1) is 23.7 Å². The van der Waals surface area contributed by atoms with Crippen LogP contribution in [-0.2, 0) is 0 Å². The third-order valence-corrected chi connectivity index (χ3v) is 8.30. The van der Waals surface area contributed by atoms with Crippen molar-refractivity contribution in [3.05, 3.63) is 204 Å². The SMILES string of the molecule is Cc1cccc(-c2cccc(-c3cc(-c4ccccc4)cc(-c4ccccc4)c3)c2)c1.N#Cc1ccccc1C(N)=NC(=N)c1ccccc1. The highest BCUT2D eigenvalue weighted by Gasteiger charge is 2.09. The van der Waals surface area contributed by atoms with Crippen molar-refractivity contribution in [2.24, 2.45) is 10.7 Å². The maximum atomic E-state index is 9.00. The molecule has 4 heteroatoms. The lowest BCUT2D eigenvalue weighted by Gasteiger charge is -2.12. The van der Waals surface area contributed by atoms with Crippen molar-refractivity contribution in [1.82, 2.24) is 0 Å². The van der Waals surface area contributed by atoms with Crippen LogP contribution in [0.25, 0.3) is 44.5 Å². The normalized spacial score (nSPS) is 10.8. The average molecular weight is 645 g/mol. The van der Waals surface area contributed by atoms with Gasteiger partial charge in [-0.1, -0.05) is 151 Å². The number of nitrogens with zero attached hydrogens (tertiary/aromatic N) is 2. The van der Waals surface area contributed by atoms with Gasteiger partial charge in [-0.15, -0.1) is 0 Å². The number of aliphatic imine (C=N–C) groups is 1. The molecule has 50 heavy (non-hydrogen) atoms. The van der Waals surface area contributed by atoms with Crippen LogP contribution in [0.1, 0.15) is 22.3 Å². The molecule has 3 N–H and O–H groups in total. The predicted molar refractivity (Wildman–Crippen MR) is 208 cm³/mol. The van der Waals surface area contributed by atoms with Crippen LogP contribution in [0.4, 0.5) is 0 Å². The maximum Gasteiger partial charge on any atom is 0.154 e. The second-order valence-electron chi connectivity index (χ2n) is 11.9. The van der Waals surface area contributed by atoms with Crippen LogP contribution < -0.4 is 5.73 Å². The van der Waals surface area contributed by atoms with Gasteiger partial charge in [0, 0.05) is 11.1 Å². The number of benzene rings is 7. The molecule has 240 valence electrons. The quantitative estimate of drug-likeness (QED) is 0.139. The molecular weight excluding hydrogens is 609 g/mol. The Hall–Kier alpha value is -6.83. The molecule has 0 unspecified atom stereocenters. The van der Waals surface area contributed by atoms with Gasteiger partial charge in [-0.05, 0) is 87.8 Å². The molecule has 0 aliphatic carbocycles. The number of rotatable bonds is 6. The molecule has 0 saturated carbocycles. The zero-order valence-electron chi connectivity index (χ0n) is 27.8. The Bertz CT molecular complexity index is 2240. The fraction of sp³-hybridized carbons (Fsp3) is 0.0217. The summed E-state index contributed by atoms with van der Waals surface area (Å²) < 4.78 is 0. The van der Waals surface area contributed by atoms with Crippen LogP contribution in [0.5, 0.6) is 0 Å². The lowest BCUT2D eigenvalue weighted by Crippen LogP contribution is -2.17. The van der Waals surface area contributed by atoms with Crippen molar-refractivity contribution in [3.8, 4) is 50.6 Å². The third kappa shape index (κ3) is 8.17. The summed E-state index contributed by atoms with van der Waals surface area (Å²) in [6, 6.07) is 63.8. The van der Waals surface area contributed by atoms with E-state index in [0.717, 1.165) is 0 Å². The molecule has 0 atom stereocenters. The largest absolute Gasteiger partial charge is 0.383 e. The highest BCUT2D eigenvalue weighted by molar-refractivity contribution is 6.10. The van der Waals surface area contributed by atoms with Gasteiger partial charge in [0.25, 0.3) is 0 Å². The molecular formula is C46H36N4. The Balaban J connectivity index is 0.000000195. The minimum Gasteiger partial charge on any atom is -0.383 e. The van der Waals surface area contributed by atoms with E-state index in [4.69, 9.17) is 16.4 Å². The first-order chi connectivity index (χ1) is 24.5. The van der Waals surface area contributed by atoms with Crippen LogP contribution in [0.15, 0.2) is 187 Å². The zero-order valence-corrected chi connectivity index (χ0v) is 27.8. The standard InChI is InChI=1S/C31H24.C15H12N4/c1-23-10-8-15-26(18-23)27-16-9-17-28(19-27)31-21-29(24-11-4-2-5-12-24)20-30(22-31)25-13-6-3-7-14-25;16-10-12-8-4-5-9-13(12)15(18)19-14(17)11-6-2-1-3-7-11/h2-22H,1H3;1-9H,(H3,17,18,19). The molecule has 0 aliphatic rings. The molecule has 0 aromatic heterocycles. The van der Waals surface area contributed by atoms with E-state index >= 15 is 0 Å². The van der Waals surface area contributed by atoms with E-state index in [9.17, 15) is 0 Å². The van der Waals surface area contributed by atoms with E-state index in [1.54, 1.807) is 36.4 Å². The van der Waals surface area contributed by atoms with Crippen molar-refractivity contribution >= 4 is 11.7 Å². The molecule has 0 amide bonds. The molecule has 7 aromatic carbocycles. The van der Waals surface area contributed by atoms with Gasteiger partial charge in [0.05, 0.1) is 11.6 Å². The van der Waals surface area contributed by atoms with Crippen LogP contribution >= 0.6 is 0 Å². The van der Waals surface area contributed by atoms with Gasteiger partial charge < -0.3 is 5.73 Å². The predicted octanol–water partition coefficient (Wildman–Crippen LogP) is 11.0. The first kappa shape index (κ1) is 33.1. The van der Waals surface area contributed by atoms with Crippen molar-refractivity contribution < 1.29 is 0 Å². The second kappa shape index (κ2) is 15.8. The summed E-state index contributed by atoms with van der Waals surface area (Å²) >= 11 is 0. The first-order valence-electron chi connectivity index (χ1n) is 16.4. The number of nitrogens with two attached hydrogens (primary N) is 1. The Morgan fingerprint density at radius 1 is 0.500 bits per heavy atom. The summed E-state index contributed by atoms with van der Waals surface area (Å²) in [7, 11) is 0. The fourth-order valence-electron chi connectivity index (χ4n) is 5.74. The van der Waals surface area contributed by atoms with Gasteiger partial charge in [0.15, 0.2) is 5.84 Å². The van der Waals surface area contributed by atoms with Crippen molar-refractivity contribution in [1.29, 1.82) is 10.7 Å². The molecule has 0 aliphatic heterocycles. The topological polar surface area (TPSA) is 86.0 Å². The van der Waals surface area contributed by atoms with E-state index in [-0.39, 0.29) is 11.7 Å². The van der Waals surface area contributed by atoms with E-state index in [1.165, 1.54) is 50.1 Å². The van der Waals surface area contributed by atoms with Crippen molar-refractivity contribution in [3.63, 3.8) is 0 Å². The summed E-state index contributed by atoms with van der Waals surface area (Å²) in [5, 5.41) is 16.9. The minimum absolute atomic E-state index is 0.0749. The Morgan fingerprint density at radius 2 is 0.920 bits per heavy atom. The Kier molecular flexibility index (Phi) is 10.5. The summed E-state index contributed by atoms with van der Waals surface area (Å²) in [6.45, 7) is 2.14. The van der Waals surface area contributed by atoms with Crippen LogP contribution in [0.3, 0.4) is 0 Å². The fourth-order valence-corrected chi connectivity index (χ4v) is 5.74. The number of nitriles is 1. The number of hydrogen-bond donors (Lipinski definition) is 2. The van der Waals surface area contributed by atoms with Gasteiger partial charge in [0.1, 0.15) is 5.84 Å². The van der Waals surface area contributed by atoms with E-state index < -0.39 is 0 Å². The highest BCUT2D eigenvalue weighted by Crippen LogP contribution is 2.34. The smallest absolute Gasteiger partial charge is 0.154 e. The summed E-state index contributed by atoms with van der Waals surface area (Å²) in [5.41, 5.74) is 18.7. The zero-order chi connectivity index (χ0) is 34.7. The molecule has 0 bridgehead atoms. The first-order valence-corrected chi connectivity index (χ1v) is 16.4. The average Bonchev–Trinajstić information content (AvgIpc) is 3.19. The molecule has 0 saturated heterocycles. The van der Waals surface area contributed by atoms with Crippen LogP contribution in [0.2, 0.25) is 0 Å². The minimum atomic E-state index is 0.0749. The maximum absolute atomic E-state index is 9.00. The summed E-state index contributed by atoms with van der Waals surface area (Å²) in [5.74, 6) is 0.247. The molecule has 7 aromatic rings. The number of amidine groups is 2. The van der Waals surface area contributed by atoms with Crippen LogP contribution in [-0.4, -0.2) is 11.7 Å². The summed E-state index contributed by atoms with van der Waals surface area (Å²) in [6.07, 6.45) is 0. The van der Waals surface area contributed by atoms with Crippen molar-refractivity contribution in [2.45, 2.75) is 6.92 Å². The molecule has 0 spiro atoms. The summed E-state index contributed by atoms with van der Waals surface area (Å²) in [4.78, 5) is 4.05. The second-order valence-corrected chi connectivity index (χ2v) is 11.9. The van der Waals surface area contributed by atoms with E-state index in [0.29, 0.717) is 16.7 Å². The molecule has 4 nitrogen and oxygen atoms in total. The van der Waals surface area contributed by atoms with E-state index in [1.807, 2.05) is 18.2 Å². The Morgan fingerprint density at radius 3 is 1.48 bits per heavy atom. The molecule has 7 rings (SSSR count). The molecule has 0 fully saturated rings. The third-order valence-electron chi connectivity index (χ3n) is 8.30. The van der Waals surface area contributed by atoms with Gasteiger partial charge >= 0.3 is 0 Å². The lowest BCUT2D eigenvalue weighted by atomic mass is 9.92. The number of nitrogens with one attached hydrogen (secondary N) is 1.